The van der Waals surface area contributed by atoms with Crippen LogP contribution in [0.1, 0.15) is 35.4 Å². The molecule has 2 rings (SSSR count). The van der Waals surface area contributed by atoms with Gasteiger partial charge >= 0.3 is 0 Å². The summed E-state index contributed by atoms with van der Waals surface area (Å²) < 4.78 is 0. The molecule has 1 aromatic heterocycles. The molecule has 2 heteroatoms. The largest absolute Gasteiger partial charge is 0.349 e. The standard InChI is InChI=1S/C15H20N2/c1-12-6-5-7-13(2)14(12)8-3-4-9-15-16-10-11-17-15/h5-7,10-11H,3-4,8-9H2,1-2H3,(H,16,17). The number of aryl methyl sites for hydroxylation is 3. The first-order valence-corrected chi connectivity index (χ1v) is 6.30. The third-order valence-electron chi connectivity index (χ3n) is 3.29. The predicted octanol–water partition coefficient (Wildman–Crippen LogP) is 3.59. The lowest BCUT2D eigenvalue weighted by Crippen LogP contribution is -1.95. The second-order valence-corrected chi connectivity index (χ2v) is 4.61. The highest BCUT2D eigenvalue weighted by Crippen LogP contribution is 2.16. The highest BCUT2D eigenvalue weighted by molar-refractivity contribution is 5.33. The summed E-state index contributed by atoms with van der Waals surface area (Å²) in [6, 6.07) is 6.54. The van der Waals surface area contributed by atoms with Crippen molar-refractivity contribution in [1.82, 2.24) is 9.97 Å². The van der Waals surface area contributed by atoms with E-state index in [1.165, 1.54) is 36.0 Å². The van der Waals surface area contributed by atoms with E-state index in [1.807, 2.05) is 12.4 Å². The summed E-state index contributed by atoms with van der Waals surface area (Å²) >= 11 is 0. The van der Waals surface area contributed by atoms with Gasteiger partial charge in [-0.15, -0.1) is 0 Å². The molecular formula is C15H20N2. The molecule has 0 radical (unpaired) electrons. The van der Waals surface area contributed by atoms with Crippen LogP contribution in [0.25, 0.3) is 0 Å². The van der Waals surface area contributed by atoms with Crippen LogP contribution in [-0.4, -0.2) is 9.97 Å². The van der Waals surface area contributed by atoms with Crippen LogP contribution in [-0.2, 0) is 12.8 Å². The molecule has 1 heterocycles. The summed E-state index contributed by atoms with van der Waals surface area (Å²) in [5.41, 5.74) is 4.36. The number of rotatable bonds is 5. The van der Waals surface area contributed by atoms with Gasteiger partial charge in [-0.05, 0) is 49.8 Å². The van der Waals surface area contributed by atoms with Gasteiger partial charge < -0.3 is 4.98 Å². The first kappa shape index (κ1) is 11.9. The van der Waals surface area contributed by atoms with Crippen LogP contribution >= 0.6 is 0 Å². The Morgan fingerprint density at radius 2 is 1.76 bits per heavy atom. The second-order valence-electron chi connectivity index (χ2n) is 4.61. The van der Waals surface area contributed by atoms with Crippen molar-refractivity contribution in [3.8, 4) is 0 Å². The van der Waals surface area contributed by atoms with Crippen molar-refractivity contribution in [2.45, 2.75) is 39.5 Å². The molecule has 0 aliphatic rings. The average Bonchev–Trinajstić information content (AvgIpc) is 2.80. The average molecular weight is 228 g/mol. The first-order valence-electron chi connectivity index (χ1n) is 6.30. The Kier molecular flexibility index (Phi) is 3.97. The van der Waals surface area contributed by atoms with Crippen molar-refractivity contribution < 1.29 is 0 Å². The number of hydrogen-bond donors (Lipinski definition) is 1. The van der Waals surface area contributed by atoms with Crippen molar-refractivity contribution in [2.75, 3.05) is 0 Å². The van der Waals surface area contributed by atoms with Crippen molar-refractivity contribution in [3.05, 3.63) is 53.1 Å². The van der Waals surface area contributed by atoms with Gasteiger partial charge in [0, 0.05) is 18.8 Å². The maximum absolute atomic E-state index is 4.24. The van der Waals surface area contributed by atoms with Gasteiger partial charge in [0.1, 0.15) is 5.82 Å². The van der Waals surface area contributed by atoms with Crippen molar-refractivity contribution in [3.63, 3.8) is 0 Å². The van der Waals surface area contributed by atoms with E-state index in [0.29, 0.717) is 0 Å². The lowest BCUT2D eigenvalue weighted by Gasteiger charge is -2.08. The number of imidazole rings is 1. The highest BCUT2D eigenvalue weighted by atomic mass is 14.9. The van der Waals surface area contributed by atoms with E-state index in [9.17, 15) is 0 Å². The number of H-pyrrole nitrogens is 1. The molecule has 0 saturated heterocycles. The van der Waals surface area contributed by atoms with Gasteiger partial charge in [0.25, 0.3) is 0 Å². The van der Waals surface area contributed by atoms with Gasteiger partial charge in [0.05, 0.1) is 0 Å². The SMILES string of the molecule is Cc1cccc(C)c1CCCCc1ncc[nH]1. The number of nitrogens with zero attached hydrogens (tertiary/aromatic N) is 1. The predicted molar refractivity (Wildman–Crippen MR) is 71.1 cm³/mol. The summed E-state index contributed by atoms with van der Waals surface area (Å²) in [5, 5.41) is 0. The number of unbranched alkanes of at least 4 members (excludes halogenated alkanes) is 1. The monoisotopic (exact) mass is 228 g/mol. The van der Waals surface area contributed by atoms with Crippen molar-refractivity contribution in [2.24, 2.45) is 0 Å². The minimum atomic E-state index is 1.05. The zero-order valence-corrected chi connectivity index (χ0v) is 10.7. The molecule has 0 fully saturated rings. The van der Waals surface area contributed by atoms with Crippen LogP contribution in [0, 0.1) is 13.8 Å². The zero-order valence-electron chi connectivity index (χ0n) is 10.7. The van der Waals surface area contributed by atoms with Crippen molar-refractivity contribution >= 4 is 0 Å². The fourth-order valence-electron chi connectivity index (χ4n) is 2.27. The quantitative estimate of drug-likeness (QED) is 0.778. The zero-order chi connectivity index (χ0) is 12.1. The molecule has 2 aromatic rings. The molecule has 2 nitrogen and oxygen atoms in total. The third-order valence-corrected chi connectivity index (χ3v) is 3.29. The summed E-state index contributed by atoms with van der Waals surface area (Å²) in [6.45, 7) is 4.41. The van der Waals surface area contributed by atoms with E-state index in [2.05, 4.69) is 42.0 Å². The first-order chi connectivity index (χ1) is 8.27. The Bertz CT molecular complexity index is 438. The number of benzene rings is 1. The normalized spacial score (nSPS) is 10.7. The topological polar surface area (TPSA) is 28.7 Å². The van der Waals surface area contributed by atoms with Crippen molar-refractivity contribution in [1.29, 1.82) is 0 Å². The highest BCUT2D eigenvalue weighted by Gasteiger charge is 2.02. The molecule has 0 unspecified atom stereocenters. The van der Waals surface area contributed by atoms with E-state index in [0.717, 1.165) is 12.2 Å². The van der Waals surface area contributed by atoms with Gasteiger partial charge in [-0.3, -0.25) is 0 Å². The van der Waals surface area contributed by atoms with Gasteiger partial charge in [-0.2, -0.15) is 0 Å². The van der Waals surface area contributed by atoms with E-state index in [-0.39, 0.29) is 0 Å². The fourth-order valence-corrected chi connectivity index (χ4v) is 2.27. The Morgan fingerprint density at radius 1 is 1.06 bits per heavy atom. The molecule has 0 aliphatic heterocycles. The summed E-state index contributed by atoms with van der Waals surface area (Å²) in [5.74, 6) is 1.10. The van der Waals surface area contributed by atoms with Crippen LogP contribution in [0.3, 0.4) is 0 Å². The third kappa shape index (κ3) is 3.19. The number of hydrogen-bond acceptors (Lipinski definition) is 1. The van der Waals surface area contributed by atoms with Crippen LogP contribution in [0.5, 0.6) is 0 Å². The molecule has 0 amide bonds. The Morgan fingerprint density at radius 3 is 2.41 bits per heavy atom. The molecular weight excluding hydrogens is 208 g/mol. The lowest BCUT2D eigenvalue weighted by molar-refractivity contribution is 0.709. The summed E-state index contributed by atoms with van der Waals surface area (Å²) in [6.07, 6.45) is 8.37. The minimum absolute atomic E-state index is 1.05. The second kappa shape index (κ2) is 5.67. The van der Waals surface area contributed by atoms with Gasteiger partial charge in [0.2, 0.25) is 0 Å². The number of aromatic nitrogens is 2. The molecule has 0 spiro atoms. The van der Waals surface area contributed by atoms with Crippen LogP contribution in [0.15, 0.2) is 30.6 Å². The molecule has 0 aliphatic carbocycles. The fraction of sp³-hybridized carbons (Fsp3) is 0.400. The maximum atomic E-state index is 4.24. The van der Waals surface area contributed by atoms with Crippen LogP contribution < -0.4 is 0 Å². The van der Waals surface area contributed by atoms with Crippen LogP contribution in [0.2, 0.25) is 0 Å². The number of nitrogens with one attached hydrogen (secondary N) is 1. The molecule has 17 heavy (non-hydrogen) atoms. The molecule has 0 saturated carbocycles. The molecule has 1 N–H and O–H groups in total. The number of aromatic amines is 1. The smallest absolute Gasteiger partial charge is 0.105 e. The van der Waals surface area contributed by atoms with Gasteiger partial charge in [-0.1, -0.05) is 18.2 Å². The summed E-state index contributed by atoms with van der Waals surface area (Å²) in [7, 11) is 0. The van der Waals surface area contributed by atoms with Crippen LogP contribution in [0.4, 0.5) is 0 Å². The summed E-state index contributed by atoms with van der Waals surface area (Å²) in [4.78, 5) is 7.39. The molecule has 90 valence electrons. The molecule has 1 aromatic carbocycles. The molecule has 0 bridgehead atoms. The van der Waals surface area contributed by atoms with E-state index in [1.54, 1.807) is 0 Å². The maximum Gasteiger partial charge on any atom is 0.105 e. The van der Waals surface area contributed by atoms with Gasteiger partial charge in [-0.25, -0.2) is 4.98 Å². The van der Waals surface area contributed by atoms with Gasteiger partial charge in [0.15, 0.2) is 0 Å². The van der Waals surface area contributed by atoms with E-state index < -0.39 is 0 Å². The Hall–Kier alpha value is -1.57. The Balaban J connectivity index is 1.82. The minimum Gasteiger partial charge on any atom is -0.349 e. The Labute approximate surface area is 103 Å². The lowest BCUT2D eigenvalue weighted by atomic mass is 9.97. The van der Waals surface area contributed by atoms with E-state index >= 15 is 0 Å². The van der Waals surface area contributed by atoms with E-state index in [4.69, 9.17) is 0 Å². The molecule has 0 atom stereocenters.